The SMILES string of the molecule is CNC(c1cccc(F)c1F)C1(N(C)C)CCCCC1. The number of halogens is 2. The fourth-order valence-corrected chi connectivity index (χ4v) is 3.62. The van der Waals surface area contributed by atoms with Gasteiger partial charge in [0.25, 0.3) is 0 Å². The molecule has 0 heterocycles. The first kappa shape index (κ1) is 15.4. The van der Waals surface area contributed by atoms with Crippen LogP contribution in [-0.4, -0.2) is 31.6 Å². The summed E-state index contributed by atoms with van der Waals surface area (Å²) < 4.78 is 27.7. The molecule has 2 nitrogen and oxygen atoms in total. The van der Waals surface area contributed by atoms with Crippen LogP contribution in [0.3, 0.4) is 0 Å². The number of benzene rings is 1. The van der Waals surface area contributed by atoms with Crippen molar-refractivity contribution in [3.63, 3.8) is 0 Å². The van der Waals surface area contributed by atoms with E-state index in [0.29, 0.717) is 5.56 Å². The number of hydrogen-bond donors (Lipinski definition) is 1. The van der Waals surface area contributed by atoms with Gasteiger partial charge in [-0.25, -0.2) is 8.78 Å². The van der Waals surface area contributed by atoms with Gasteiger partial charge >= 0.3 is 0 Å². The molecule has 20 heavy (non-hydrogen) atoms. The van der Waals surface area contributed by atoms with Crippen LogP contribution in [0.2, 0.25) is 0 Å². The smallest absolute Gasteiger partial charge is 0.163 e. The van der Waals surface area contributed by atoms with Crippen LogP contribution in [0.1, 0.15) is 43.7 Å². The maximum Gasteiger partial charge on any atom is 0.163 e. The Balaban J connectivity index is 2.45. The highest BCUT2D eigenvalue weighted by Gasteiger charge is 2.43. The summed E-state index contributed by atoms with van der Waals surface area (Å²) in [6.45, 7) is 0. The minimum Gasteiger partial charge on any atom is -0.311 e. The second kappa shape index (κ2) is 6.19. The van der Waals surface area contributed by atoms with E-state index in [2.05, 4.69) is 10.2 Å². The van der Waals surface area contributed by atoms with Crippen molar-refractivity contribution in [2.24, 2.45) is 0 Å². The van der Waals surface area contributed by atoms with Crippen LogP contribution in [0.4, 0.5) is 8.78 Å². The lowest BCUT2D eigenvalue weighted by Crippen LogP contribution is -2.54. The third-order valence-corrected chi connectivity index (χ3v) is 4.73. The molecule has 1 aromatic carbocycles. The van der Waals surface area contributed by atoms with Crippen LogP contribution < -0.4 is 5.32 Å². The molecule has 2 rings (SSSR count). The summed E-state index contributed by atoms with van der Waals surface area (Å²) in [5, 5.41) is 3.23. The van der Waals surface area contributed by atoms with Gasteiger partial charge in [0.2, 0.25) is 0 Å². The maximum atomic E-state index is 14.2. The molecule has 1 aliphatic carbocycles. The van der Waals surface area contributed by atoms with Gasteiger partial charge in [0.1, 0.15) is 0 Å². The molecule has 1 aliphatic rings. The molecule has 0 bridgehead atoms. The minimum atomic E-state index is -0.771. The summed E-state index contributed by atoms with van der Waals surface area (Å²) in [6, 6.07) is 4.26. The Labute approximate surface area is 120 Å². The summed E-state index contributed by atoms with van der Waals surface area (Å²) >= 11 is 0. The first-order valence-corrected chi connectivity index (χ1v) is 7.31. The molecule has 1 N–H and O–H groups in total. The van der Waals surface area contributed by atoms with Crippen molar-refractivity contribution >= 4 is 0 Å². The Bertz CT molecular complexity index is 454. The molecule has 0 radical (unpaired) electrons. The lowest BCUT2D eigenvalue weighted by Gasteiger charge is -2.48. The van der Waals surface area contributed by atoms with E-state index in [1.165, 1.54) is 12.5 Å². The summed E-state index contributed by atoms with van der Waals surface area (Å²) in [5.41, 5.74) is 0.282. The average molecular weight is 282 g/mol. The predicted octanol–water partition coefficient (Wildman–Crippen LogP) is 3.49. The van der Waals surface area contributed by atoms with Crippen LogP contribution in [0.15, 0.2) is 18.2 Å². The van der Waals surface area contributed by atoms with E-state index in [-0.39, 0.29) is 11.6 Å². The molecule has 112 valence electrons. The van der Waals surface area contributed by atoms with E-state index >= 15 is 0 Å². The highest BCUT2D eigenvalue weighted by molar-refractivity contribution is 5.26. The van der Waals surface area contributed by atoms with Crippen LogP contribution in [0, 0.1) is 11.6 Å². The number of nitrogens with zero attached hydrogens (tertiary/aromatic N) is 1. The number of hydrogen-bond acceptors (Lipinski definition) is 2. The Morgan fingerprint density at radius 2 is 1.80 bits per heavy atom. The van der Waals surface area contributed by atoms with E-state index in [0.717, 1.165) is 25.7 Å². The van der Waals surface area contributed by atoms with Crippen molar-refractivity contribution in [3.05, 3.63) is 35.4 Å². The van der Waals surface area contributed by atoms with Crippen LogP contribution >= 0.6 is 0 Å². The molecular weight excluding hydrogens is 258 g/mol. The molecule has 0 aromatic heterocycles. The molecule has 1 fully saturated rings. The van der Waals surface area contributed by atoms with Crippen molar-refractivity contribution in [2.75, 3.05) is 21.1 Å². The van der Waals surface area contributed by atoms with Crippen molar-refractivity contribution < 1.29 is 8.78 Å². The molecule has 1 saturated carbocycles. The zero-order chi connectivity index (χ0) is 14.8. The Morgan fingerprint density at radius 3 is 2.35 bits per heavy atom. The van der Waals surface area contributed by atoms with Crippen LogP contribution in [0.25, 0.3) is 0 Å². The molecule has 0 spiro atoms. The van der Waals surface area contributed by atoms with Gasteiger partial charge in [0.15, 0.2) is 11.6 Å². The molecule has 0 saturated heterocycles. The standard InChI is InChI=1S/C16H24F2N2/c1-19-15(12-8-7-9-13(17)14(12)18)16(20(2)3)10-5-4-6-11-16/h7-9,15,19H,4-6,10-11H2,1-3H3. The molecule has 0 amide bonds. The second-order valence-corrected chi connectivity index (χ2v) is 5.92. The molecular formula is C16H24F2N2. The molecule has 4 heteroatoms. The highest BCUT2D eigenvalue weighted by Crippen LogP contribution is 2.42. The molecule has 1 aromatic rings. The Morgan fingerprint density at radius 1 is 1.15 bits per heavy atom. The second-order valence-electron chi connectivity index (χ2n) is 5.92. The van der Waals surface area contributed by atoms with E-state index < -0.39 is 11.6 Å². The van der Waals surface area contributed by atoms with Gasteiger partial charge in [-0.15, -0.1) is 0 Å². The van der Waals surface area contributed by atoms with Gasteiger partial charge in [-0.1, -0.05) is 31.4 Å². The molecule has 1 atom stereocenters. The zero-order valence-corrected chi connectivity index (χ0v) is 12.5. The lowest BCUT2D eigenvalue weighted by atomic mass is 9.73. The van der Waals surface area contributed by atoms with Gasteiger partial charge < -0.3 is 10.2 Å². The van der Waals surface area contributed by atoms with Crippen molar-refractivity contribution in [1.82, 2.24) is 10.2 Å². The Hall–Kier alpha value is -1.00. The van der Waals surface area contributed by atoms with Gasteiger partial charge in [0, 0.05) is 11.1 Å². The van der Waals surface area contributed by atoms with E-state index in [4.69, 9.17) is 0 Å². The normalized spacial score (nSPS) is 20.1. The fraction of sp³-hybridized carbons (Fsp3) is 0.625. The first-order valence-electron chi connectivity index (χ1n) is 7.31. The average Bonchev–Trinajstić information content (AvgIpc) is 2.45. The van der Waals surface area contributed by atoms with Crippen molar-refractivity contribution in [2.45, 2.75) is 43.7 Å². The molecule has 1 unspecified atom stereocenters. The fourth-order valence-electron chi connectivity index (χ4n) is 3.62. The summed E-state index contributed by atoms with van der Waals surface area (Å²) in [4.78, 5) is 2.18. The topological polar surface area (TPSA) is 15.3 Å². The van der Waals surface area contributed by atoms with E-state index in [1.54, 1.807) is 12.1 Å². The third-order valence-electron chi connectivity index (χ3n) is 4.73. The highest BCUT2D eigenvalue weighted by atomic mass is 19.2. The zero-order valence-electron chi connectivity index (χ0n) is 12.5. The number of nitrogens with one attached hydrogen (secondary N) is 1. The van der Waals surface area contributed by atoms with Crippen molar-refractivity contribution in [3.8, 4) is 0 Å². The van der Waals surface area contributed by atoms with Gasteiger partial charge in [-0.3, -0.25) is 0 Å². The van der Waals surface area contributed by atoms with Gasteiger partial charge in [-0.05, 0) is 40.1 Å². The summed E-state index contributed by atoms with van der Waals surface area (Å²) in [7, 11) is 5.90. The monoisotopic (exact) mass is 282 g/mol. The van der Waals surface area contributed by atoms with E-state index in [1.807, 2.05) is 21.1 Å². The summed E-state index contributed by atoms with van der Waals surface area (Å²) in [6.07, 6.45) is 5.49. The predicted molar refractivity (Wildman–Crippen MR) is 77.7 cm³/mol. The summed E-state index contributed by atoms with van der Waals surface area (Å²) in [5.74, 6) is -1.49. The first-order chi connectivity index (χ1) is 9.53. The number of rotatable bonds is 4. The van der Waals surface area contributed by atoms with Crippen LogP contribution in [0.5, 0.6) is 0 Å². The third kappa shape index (κ3) is 2.59. The van der Waals surface area contributed by atoms with Gasteiger partial charge in [-0.2, -0.15) is 0 Å². The lowest BCUT2D eigenvalue weighted by molar-refractivity contribution is 0.0578. The molecule has 0 aliphatic heterocycles. The van der Waals surface area contributed by atoms with E-state index in [9.17, 15) is 8.78 Å². The quantitative estimate of drug-likeness (QED) is 0.909. The number of likely N-dealkylation sites (N-methyl/N-ethyl adjacent to an activating group) is 2. The largest absolute Gasteiger partial charge is 0.311 e. The van der Waals surface area contributed by atoms with Crippen LogP contribution in [-0.2, 0) is 0 Å². The maximum absolute atomic E-state index is 14.2. The van der Waals surface area contributed by atoms with Crippen molar-refractivity contribution in [1.29, 1.82) is 0 Å². The Kier molecular flexibility index (Phi) is 4.76. The van der Waals surface area contributed by atoms with Gasteiger partial charge in [0.05, 0.1) is 6.04 Å². The minimum absolute atomic E-state index is 0.151.